The maximum atomic E-state index is 13.1. The Morgan fingerprint density at radius 1 is 1.00 bits per heavy atom. The van der Waals surface area contributed by atoms with Gasteiger partial charge in [-0.3, -0.25) is 9.59 Å². The van der Waals surface area contributed by atoms with E-state index in [9.17, 15) is 14.4 Å². The van der Waals surface area contributed by atoms with E-state index in [1.165, 1.54) is 7.11 Å². The number of nitriles is 1. The lowest BCUT2D eigenvalue weighted by atomic mass is 10.00. The van der Waals surface area contributed by atoms with Crippen LogP contribution < -0.4 is 5.32 Å². The number of anilines is 1. The van der Waals surface area contributed by atoms with Crippen molar-refractivity contribution in [2.24, 2.45) is 5.92 Å². The number of fused-ring (bicyclic) bond motifs is 1. The van der Waals surface area contributed by atoms with Crippen LogP contribution in [0.5, 0.6) is 0 Å². The summed E-state index contributed by atoms with van der Waals surface area (Å²) < 4.78 is 4.93. The first kappa shape index (κ1) is 23.7. The Kier molecular flexibility index (Phi) is 6.65. The normalized spacial score (nSPS) is 13.2. The second-order valence-corrected chi connectivity index (χ2v) is 8.74. The zero-order chi connectivity index (χ0) is 25.1. The van der Waals surface area contributed by atoms with Crippen LogP contribution in [-0.4, -0.2) is 35.8 Å². The topological polar surface area (TPSA) is 99.5 Å². The van der Waals surface area contributed by atoms with Gasteiger partial charge in [-0.1, -0.05) is 38.1 Å². The fraction of sp³-hybridized carbons (Fsp3) is 0.214. The first-order valence-electron chi connectivity index (χ1n) is 11.3. The van der Waals surface area contributed by atoms with Gasteiger partial charge in [-0.25, -0.2) is 4.79 Å². The number of nitrogens with one attached hydrogen (secondary N) is 1. The first-order valence-corrected chi connectivity index (χ1v) is 11.3. The fourth-order valence-electron chi connectivity index (χ4n) is 4.25. The second-order valence-electron chi connectivity index (χ2n) is 8.74. The van der Waals surface area contributed by atoms with Gasteiger partial charge in [0.2, 0.25) is 0 Å². The smallest absolute Gasteiger partial charge is 0.328 e. The third-order valence-corrected chi connectivity index (χ3v) is 6.10. The van der Waals surface area contributed by atoms with Gasteiger partial charge in [0.1, 0.15) is 6.04 Å². The van der Waals surface area contributed by atoms with Crippen molar-refractivity contribution in [1.29, 1.82) is 5.26 Å². The highest BCUT2D eigenvalue weighted by atomic mass is 16.5. The molecule has 0 aliphatic carbocycles. The number of methoxy groups -OCH3 is 1. The van der Waals surface area contributed by atoms with E-state index in [1.54, 1.807) is 41.3 Å². The number of hydrogen-bond donors (Lipinski definition) is 1. The van der Waals surface area contributed by atoms with E-state index in [0.29, 0.717) is 28.9 Å². The molecule has 3 aromatic rings. The number of rotatable bonds is 6. The quantitative estimate of drug-likeness (QED) is 0.533. The molecule has 7 heteroatoms. The van der Waals surface area contributed by atoms with Gasteiger partial charge in [0, 0.05) is 23.4 Å². The van der Waals surface area contributed by atoms with Crippen LogP contribution in [0.25, 0.3) is 11.1 Å². The van der Waals surface area contributed by atoms with Crippen molar-refractivity contribution in [3.63, 3.8) is 0 Å². The summed E-state index contributed by atoms with van der Waals surface area (Å²) >= 11 is 0. The minimum atomic E-state index is -0.637. The number of esters is 1. The summed E-state index contributed by atoms with van der Waals surface area (Å²) in [6.07, 6.45) is 0. The van der Waals surface area contributed by atoms with Gasteiger partial charge in [0.05, 0.1) is 18.7 Å². The lowest BCUT2D eigenvalue weighted by Crippen LogP contribution is -2.45. The van der Waals surface area contributed by atoms with E-state index in [4.69, 9.17) is 10.00 Å². The Morgan fingerprint density at radius 3 is 2.26 bits per heavy atom. The SMILES string of the molecule is COC(=O)C(C(C)C)N1Cc2ccc(-c3ccc(NC(=O)c4ccc(C#N)cc4)cc3)cc2C1=O. The molecule has 0 radical (unpaired) electrons. The zero-order valence-electron chi connectivity index (χ0n) is 19.7. The van der Waals surface area contributed by atoms with Crippen molar-refractivity contribution in [1.82, 2.24) is 4.90 Å². The fourth-order valence-corrected chi connectivity index (χ4v) is 4.25. The van der Waals surface area contributed by atoms with Gasteiger partial charge in [0.25, 0.3) is 11.8 Å². The lowest BCUT2D eigenvalue weighted by Gasteiger charge is -2.28. The molecule has 0 aromatic heterocycles. The van der Waals surface area contributed by atoms with Gasteiger partial charge in [0.15, 0.2) is 0 Å². The molecule has 0 saturated heterocycles. The third-order valence-electron chi connectivity index (χ3n) is 6.10. The van der Waals surface area contributed by atoms with Crippen LogP contribution in [0.4, 0.5) is 5.69 Å². The summed E-state index contributed by atoms with van der Waals surface area (Å²) in [5, 5.41) is 11.7. The minimum absolute atomic E-state index is 0.0766. The van der Waals surface area contributed by atoms with Crippen molar-refractivity contribution in [2.45, 2.75) is 26.4 Å². The summed E-state index contributed by atoms with van der Waals surface area (Å²) in [5.41, 5.74) is 4.79. The maximum absolute atomic E-state index is 13.1. The van der Waals surface area contributed by atoms with Crippen molar-refractivity contribution >= 4 is 23.5 Å². The zero-order valence-corrected chi connectivity index (χ0v) is 19.7. The minimum Gasteiger partial charge on any atom is -0.467 e. The Balaban J connectivity index is 1.50. The molecular weight excluding hydrogens is 442 g/mol. The molecule has 7 nitrogen and oxygen atoms in total. The van der Waals surface area contributed by atoms with E-state index in [2.05, 4.69) is 5.32 Å². The molecule has 0 saturated carbocycles. The van der Waals surface area contributed by atoms with E-state index in [0.717, 1.165) is 16.7 Å². The van der Waals surface area contributed by atoms with E-state index >= 15 is 0 Å². The molecule has 4 rings (SSSR count). The van der Waals surface area contributed by atoms with Gasteiger partial charge in [-0.05, 0) is 65.1 Å². The summed E-state index contributed by atoms with van der Waals surface area (Å²) in [7, 11) is 1.33. The molecule has 3 aromatic carbocycles. The summed E-state index contributed by atoms with van der Waals surface area (Å²) in [4.78, 5) is 39.5. The van der Waals surface area contributed by atoms with Crippen molar-refractivity contribution < 1.29 is 19.1 Å². The highest BCUT2D eigenvalue weighted by Crippen LogP contribution is 2.32. The summed E-state index contributed by atoms with van der Waals surface area (Å²) in [6.45, 7) is 4.16. The standard InChI is InChI=1S/C28H25N3O4/c1-17(2)25(28(34)35-3)31-16-22-9-8-21(14-24(22)27(31)33)19-10-12-23(13-11-19)30-26(32)20-6-4-18(15-29)5-7-20/h4-14,17,25H,16H2,1-3H3,(H,30,32). The second kappa shape index (κ2) is 9.82. The lowest BCUT2D eigenvalue weighted by molar-refractivity contribution is -0.147. The number of nitrogens with zero attached hydrogens (tertiary/aromatic N) is 2. The molecule has 0 spiro atoms. The summed E-state index contributed by atoms with van der Waals surface area (Å²) in [6, 6.07) is 20.9. The Labute approximate surface area is 203 Å². The Hall–Kier alpha value is -4.44. The number of hydrogen-bond acceptors (Lipinski definition) is 5. The van der Waals surface area contributed by atoms with Gasteiger partial charge < -0.3 is 15.0 Å². The summed E-state index contributed by atoms with van der Waals surface area (Å²) in [5.74, 6) is -0.944. The van der Waals surface area contributed by atoms with E-state index in [-0.39, 0.29) is 17.7 Å². The van der Waals surface area contributed by atoms with Crippen molar-refractivity contribution in [3.8, 4) is 17.2 Å². The van der Waals surface area contributed by atoms with Crippen LogP contribution in [0.2, 0.25) is 0 Å². The monoisotopic (exact) mass is 467 g/mol. The van der Waals surface area contributed by atoms with Crippen LogP contribution in [0.1, 0.15) is 45.7 Å². The number of carbonyl (C=O) groups excluding carboxylic acids is 3. The van der Waals surface area contributed by atoms with Crippen LogP contribution in [0.3, 0.4) is 0 Å². The Morgan fingerprint density at radius 2 is 1.66 bits per heavy atom. The predicted molar refractivity (Wildman–Crippen MR) is 132 cm³/mol. The molecule has 1 unspecified atom stereocenters. The van der Waals surface area contributed by atoms with Crippen LogP contribution in [-0.2, 0) is 16.1 Å². The van der Waals surface area contributed by atoms with Crippen LogP contribution in [0.15, 0.2) is 66.7 Å². The average molecular weight is 468 g/mol. The molecule has 1 aliphatic heterocycles. The Bertz CT molecular complexity index is 1320. The van der Waals surface area contributed by atoms with Crippen molar-refractivity contribution in [2.75, 3.05) is 12.4 Å². The molecular formula is C28H25N3O4. The molecule has 0 fully saturated rings. The largest absolute Gasteiger partial charge is 0.467 e. The van der Waals surface area contributed by atoms with Gasteiger partial charge in [-0.15, -0.1) is 0 Å². The third kappa shape index (κ3) is 4.78. The molecule has 1 heterocycles. The molecule has 35 heavy (non-hydrogen) atoms. The van der Waals surface area contributed by atoms with Gasteiger partial charge >= 0.3 is 5.97 Å². The maximum Gasteiger partial charge on any atom is 0.328 e. The van der Waals surface area contributed by atoms with E-state index in [1.807, 2.05) is 50.2 Å². The molecule has 1 aliphatic rings. The molecule has 1 N–H and O–H groups in total. The molecule has 0 bridgehead atoms. The van der Waals surface area contributed by atoms with Gasteiger partial charge in [-0.2, -0.15) is 5.26 Å². The van der Waals surface area contributed by atoms with Crippen LogP contribution >= 0.6 is 0 Å². The molecule has 2 amide bonds. The first-order chi connectivity index (χ1) is 16.8. The average Bonchev–Trinajstić information content (AvgIpc) is 3.19. The number of amides is 2. The molecule has 1 atom stereocenters. The number of benzene rings is 3. The number of ether oxygens (including phenoxy) is 1. The molecule has 176 valence electrons. The van der Waals surface area contributed by atoms with Crippen LogP contribution in [0, 0.1) is 17.2 Å². The predicted octanol–water partition coefficient (Wildman–Crippen LogP) is 4.63. The number of carbonyl (C=O) groups is 3. The van der Waals surface area contributed by atoms with E-state index < -0.39 is 12.0 Å². The highest BCUT2D eigenvalue weighted by Gasteiger charge is 2.38. The van der Waals surface area contributed by atoms with Crippen molar-refractivity contribution in [3.05, 3.63) is 89.0 Å². The highest BCUT2D eigenvalue weighted by molar-refractivity contribution is 6.04.